The number of rotatable bonds is 10. The monoisotopic (exact) mass is 426 g/mol. The molecule has 1 fully saturated rings. The highest BCUT2D eigenvalue weighted by Gasteiger charge is 2.21. The van der Waals surface area contributed by atoms with Gasteiger partial charge in [0, 0.05) is 39.3 Å². The number of carbonyl (C=O) groups is 1. The summed E-state index contributed by atoms with van der Waals surface area (Å²) in [5, 5.41) is 17.9. The minimum absolute atomic E-state index is 0.0507. The van der Waals surface area contributed by atoms with Crippen LogP contribution in [0, 0.1) is 10.1 Å². The van der Waals surface area contributed by atoms with Crippen molar-refractivity contribution in [3.8, 4) is 5.88 Å². The summed E-state index contributed by atoms with van der Waals surface area (Å²) in [6, 6.07) is 0. The van der Waals surface area contributed by atoms with Crippen LogP contribution in [0.1, 0.15) is 33.6 Å². The van der Waals surface area contributed by atoms with Gasteiger partial charge in [0.05, 0.1) is 12.0 Å². The van der Waals surface area contributed by atoms with E-state index in [1.807, 2.05) is 20.8 Å². The van der Waals surface area contributed by atoms with Crippen LogP contribution in [0.4, 0.5) is 10.5 Å². The Morgan fingerprint density at radius 1 is 1.17 bits per heavy atom. The number of aryl methyl sites for hydroxylation is 1. The van der Waals surface area contributed by atoms with Gasteiger partial charge in [-0.1, -0.05) is 0 Å². The number of nitrogens with zero attached hydrogens (tertiary/aromatic N) is 5. The number of methoxy groups -OCH3 is 1. The van der Waals surface area contributed by atoms with E-state index in [-0.39, 0.29) is 17.7 Å². The van der Waals surface area contributed by atoms with Gasteiger partial charge in [-0.15, -0.1) is 5.10 Å². The molecule has 0 atom stereocenters. The largest absolute Gasteiger partial charge is 0.475 e. The van der Waals surface area contributed by atoms with Crippen LogP contribution in [0.15, 0.2) is 6.20 Å². The first kappa shape index (κ1) is 23.9. The fraction of sp³-hybridized carbons (Fsp3) is 0.789. The molecule has 1 aliphatic heterocycles. The highest BCUT2D eigenvalue weighted by molar-refractivity contribution is 5.67. The Kier molecular flexibility index (Phi) is 8.85. The molecule has 0 unspecified atom stereocenters. The highest BCUT2D eigenvalue weighted by Crippen LogP contribution is 2.24. The topological polar surface area (TPSA) is 115 Å². The Morgan fingerprint density at radius 2 is 1.77 bits per heavy atom. The van der Waals surface area contributed by atoms with E-state index in [0.717, 1.165) is 52.1 Å². The summed E-state index contributed by atoms with van der Waals surface area (Å²) in [5.41, 5.74) is -0.578. The lowest BCUT2D eigenvalue weighted by Gasteiger charge is -2.34. The number of amides is 1. The molecule has 1 N–H and O–H groups in total. The molecule has 2 rings (SSSR count). The van der Waals surface area contributed by atoms with E-state index in [1.165, 1.54) is 13.3 Å². The highest BCUT2D eigenvalue weighted by atomic mass is 16.6. The third kappa shape index (κ3) is 8.15. The normalized spacial score (nSPS) is 15.7. The van der Waals surface area contributed by atoms with Crippen molar-refractivity contribution in [1.29, 1.82) is 0 Å². The first-order chi connectivity index (χ1) is 14.2. The number of hydrogen-bond donors (Lipinski definition) is 1. The van der Waals surface area contributed by atoms with E-state index in [0.29, 0.717) is 13.1 Å². The van der Waals surface area contributed by atoms with Gasteiger partial charge >= 0.3 is 17.7 Å². The summed E-state index contributed by atoms with van der Waals surface area (Å²) in [5.74, 6) is 0.0507. The fourth-order valence-corrected chi connectivity index (χ4v) is 3.28. The van der Waals surface area contributed by atoms with Crippen molar-refractivity contribution in [1.82, 2.24) is 24.9 Å². The number of hydrogen-bond acceptors (Lipinski definition) is 8. The SMILES string of the molecule is COc1nn(CCCN2CCN(CCCNC(=O)OC(C)(C)C)CC2)cc1[N+](=O)[O-]. The molecule has 1 aromatic rings. The average Bonchev–Trinajstić information content (AvgIpc) is 3.09. The molecule has 170 valence electrons. The van der Waals surface area contributed by atoms with Crippen LogP contribution in [0.3, 0.4) is 0 Å². The number of alkyl carbamates (subject to hydrolysis) is 1. The van der Waals surface area contributed by atoms with Gasteiger partial charge in [0.15, 0.2) is 0 Å². The zero-order chi connectivity index (χ0) is 22.1. The second kappa shape index (κ2) is 11.1. The van der Waals surface area contributed by atoms with Crippen molar-refractivity contribution >= 4 is 11.8 Å². The van der Waals surface area contributed by atoms with E-state index in [9.17, 15) is 14.9 Å². The van der Waals surface area contributed by atoms with Gasteiger partial charge in [0.25, 0.3) is 0 Å². The van der Waals surface area contributed by atoms with Crippen molar-refractivity contribution < 1.29 is 19.2 Å². The molecule has 1 aliphatic rings. The minimum atomic E-state index is -0.482. The van der Waals surface area contributed by atoms with E-state index >= 15 is 0 Å². The third-order valence-electron chi connectivity index (χ3n) is 4.75. The van der Waals surface area contributed by atoms with Gasteiger partial charge in [-0.2, -0.15) is 0 Å². The van der Waals surface area contributed by atoms with E-state index in [4.69, 9.17) is 9.47 Å². The van der Waals surface area contributed by atoms with Gasteiger partial charge in [-0.25, -0.2) is 4.79 Å². The number of piperazine rings is 1. The number of aromatic nitrogens is 2. The standard InChI is InChI=1S/C19H34N6O5/c1-19(2,3)30-18(26)20-7-5-8-22-11-13-23(14-12-22)9-6-10-24-15-16(25(27)28)17(21-24)29-4/h15H,5-14H2,1-4H3,(H,20,26). The lowest BCUT2D eigenvalue weighted by atomic mass is 10.2. The quantitative estimate of drug-likeness (QED) is 0.342. The lowest BCUT2D eigenvalue weighted by molar-refractivity contribution is -0.385. The lowest BCUT2D eigenvalue weighted by Crippen LogP contribution is -2.47. The van der Waals surface area contributed by atoms with Crippen molar-refractivity contribution in [2.24, 2.45) is 0 Å². The van der Waals surface area contributed by atoms with Crippen LogP contribution in [-0.4, -0.2) is 89.1 Å². The van der Waals surface area contributed by atoms with Crippen LogP contribution in [0.25, 0.3) is 0 Å². The summed E-state index contributed by atoms with van der Waals surface area (Å²) < 4.78 is 11.7. The molecule has 1 saturated heterocycles. The molecule has 0 saturated carbocycles. The third-order valence-corrected chi connectivity index (χ3v) is 4.75. The minimum Gasteiger partial charge on any atom is -0.475 e. The molecule has 0 radical (unpaired) electrons. The molecular formula is C19H34N6O5. The van der Waals surface area contributed by atoms with Crippen molar-refractivity contribution in [2.75, 3.05) is 52.9 Å². The van der Waals surface area contributed by atoms with Gasteiger partial charge in [-0.05, 0) is 46.7 Å². The molecule has 1 aromatic heterocycles. The number of nitro groups is 1. The van der Waals surface area contributed by atoms with E-state index < -0.39 is 10.5 Å². The van der Waals surface area contributed by atoms with Crippen LogP contribution in [0.5, 0.6) is 5.88 Å². The van der Waals surface area contributed by atoms with Gasteiger partial charge in [-0.3, -0.25) is 14.8 Å². The zero-order valence-corrected chi connectivity index (χ0v) is 18.4. The predicted octanol–water partition coefficient (Wildman–Crippen LogP) is 1.72. The molecule has 30 heavy (non-hydrogen) atoms. The maximum atomic E-state index is 11.6. The summed E-state index contributed by atoms with van der Waals surface area (Å²) >= 11 is 0. The number of ether oxygens (including phenoxy) is 2. The van der Waals surface area contributed by atoms with Crippen LogP contribution < -0.4 is 10.1 Å². The molecule has 11 heteroatoms. The average molecular weight is 427 g/mol. The Morgan fingerprint density at radius 3 is 2.27 bits per heavy atom. The Labute approximate surface area is 177 Å². The molecule has 0 spiro atoms. The summed E-state index contributed by atoms with van der Waals surface area (Å²) in [6.07, 6.45) is 2.80. The van der Waals surface area contributed by atoms with E-state index in [1.54, 1.807) is 4.68 Å². The number of carbonyl (C=O) groups excluding carboxylic acids is 1. The maximum absolute atomic E-state index is 11.6. The first-order valence-electron chi connectivity index (χ1n) is 10.4. The van der Waals surface area contributed by atoms with Crippen LogP contribution >= 0.6 is 0 Å². The van der Waals surface area contributed by atoms with E-state index in [2.05, 4.69) is 20.2 Å². The maximum Gasteiger partial charge on any atom is 0.407 e. The predicted molar refractivity (Wildman–Crippen MR) is 112 cm³/mol. The van der Waals surface area contributed by atoms with Crippen LogP contribution in [-0.2, 0) is 11.3 Å². The number of nitrogens with one attached hydrogen (secondary N) is 1. The Bertz CT molecular complexity index is 694. The van der Waals surface area contributed by atoms with Crippen LogP contribution in [0.2, 0.25) is 0 Å². The Hall–Kier alpha value is -2.40. The second-order valence-electron chi connectivity index (χ2n) is 8.36. The fourth-order valence-electron chi connectivity index (χ4n) is 3.28. The van der Waals surface area contributed by atoms with Crippen molar-refractivity contribution in [2.45, 2.75) is 45.8 Å². The zero-order valence-electron chi connectivity index (χ0n) is 18.4. The van der Waals surface area contributed by atoms with Gasteiger partial charge in [0.1, 0.15) is 11.8 Å². The van der Waals surface area contributed by atoms with Crippen molar-refractivity contribution in [3.05, 3.63) is 16.3 Å². The van der Waals surface area contributed by atoms with Crippen molar-refractivity contribution in [3.63, 3.8) is 0 Å². The summed E-state index contributed by atoms with van der Waals surface area (Å²) in [7, 11) is 1.38. The van der Waals surface area contributed by atoms with Gasteiger partial charge < -0.3 is 24.6 Å². The Balaban J connectivity index is 1.58. The van der Waals surface area contributed by atoms with Gasteiger partial charge in [0.2, 0.25) is 0 Å². The molecule has 0 aromatic carbocycles. The summed E-state index contributed by atoms with van der Waals surface area (Å²) in [6.45, 7) is 12.6. The molecule has 0 bridgehead atoms. The molecule has 2 heterocycles. The summed E-state index contributed by atoms with van der Waals surface area (Å²) in [4.78, 5) is 26.9. The smallest absolute Gasteiger partial charge is 0.407 e. The molecular weight excluding hydrogens is 392 g/mol. The second-order valence-corrected chi connectivity index (χ2v) is 8.36. The molecule has 0 aliphatic carbocycles. The molecule has 11 nitrogen and oxygen atoms in total. The molecule has 1 amide bonds. The first-order valence-corrected chi connectivity index (χ1v) is 10.4.